The number of fused-ring (bicyclic) bond motifs is 1. The molecule has 0 aliphatic carbocycles. The van der Waals surface area contributed by atoms with Crippen LogP contribution in [0.15, 0.2) is 71.7 Å². The second kappa shape index (κ2) is 9.29. The van der Waals surface area contributed by atoms with Crippen LogP contribution in [0.1, 0.15) is 12.2 Å². The van der Waals surface area contributed by atoms with Crippen molar-refractivity contribution < 1.29 is 4.39 Å². The average Bonchev–Trinajstić information content (AvgIpc) is 3.34. The van der Waals surface area contributed by atoms with Crippen molar-refractivity contribution in [3.63, 3.8) is 0 Å². The van der Waals surface area contributed by atoms with Crippen molar-refractivity contribution in [3.8, 4) is 5.69 Å². The Morgan fingerprint density at radius 2 is 2.00 bits per heavy atom. The van der Waals surface area contributed by atoms with Crippen molar-refractivity contribution in [2.75, 3.05) is 24.5 Å². The Balaban J connectivity index is 1.66. The lowest BCUT2D eigenvalue weighted by Crippen LogP contribution is -2.34. The molecule has 1 saturated heterocycles. The summed E-state index contributed by atoms with van der Waals surface area (Å²) in [6.45, 7) is 3.15. The molecule has 2 aromatic carbocycles. The van der Waals surface area contributed by atoms with Gasteiger partial charge in [-0.25, -0.2) is 14.4 Å². The van der Waals surface area contributed by atoms with Crippen molar-refractivity contribution in [1.29, 1.82) is 0 Å². The molecule has 3 heterocycles. The summed E-state index contributed by atoms with van der Waals surface area (Å²) in [5, 5.41) is 3.80. The summed E-state index contributed by atoms with van der Waals surface area (Å²) in [5.74, 6) is 0.517. The number of rotatable bonds is 6. The number of hydrogen-bond donors (Lipinski definition) is 1. The standard InChI is InChI=1S/C25H23ClFN5O/c26-24-22(7-4-11-29-24)32-23(30-21-9-8-18(27)13-20(21)25(32)33)16-31(15-17-10-12-28-14-17)19-5-2-1-3-6-19/h1-9,11,13,17,28H,10,12,14-16H2. The van der Waals surface area contributed by atoms with Gasteiger partial charge in [-0.1, -0.05) is 29.8 Å². The number of pyridine rings is 1. The molecule has 6 nitrogen and oxygen atoms in total. The largest absolute Gasteiger partial charge is 0.364 e. The Kier molecular flexibility index (Phi) is 6.07. The first kappa shape index (κ1) is 21.6. The van der Waals surface area contributed by atoms with Crippen molar-refractivity contribution in [1.82, 2.24) is 19.9 Å². The minimum absolute atomic E-state index is 0.185. The van der Waals surface area contributed by atoms with Gasteiger partial charge in [-0.15, -0.1) is 0 Å². The summed E-state index contributed by atoms with van der Waals surface area (Å²) in [6.07, 6.45) is 2.66. The molecule has 1 atom stereocenters. The van der Waals surface area contributed by atoms with Gasteiger partial charge in [0, 0.05) is 18.4 Å². The fraction of sp³-hybridized carbons (Fsp3) is 0.240. The van der Waals surface area contributed by atoms with Crippen molar-refractivity contribution >= 4 is 28.2 Å². The van der Waals surface area contributed by atoms with Gasteiger partial charge in [0.15, 0.2) is 5.15 Å². The second-order valence-corrected chi connectivity index (χ2v) is 8.58. The second-order valence-electron chi connectivity index (χ2n) is 8.22. The number of para-hydroxylation sites is 1. The van der Waals surface area contributed by atoms with Crippen molar-refractivity contribution in [2.24, 2.45) is 5.92 Å². The molecule has 0 bridgehead atoms. The van der Waals surface area contributed by atoms with E-state index in [4.69, 9.17) is 16.6 Å². The number of aromatic nitrogens is 3. The van der Waals surface area contributed by atoms with Crippen LogP contribution in [0.5, 0.6) is 0 Å². The lowest BCUT2D eigenvalue weighted by atomic mass is 10.1. The third kappa shape index (κ3) is 4.47. The van der Waals surface area contributed by atoms with Crippen LogP contribution in [-0.4, -0.2) is 34.2 Å². The van der Waals surface area contributed by atoms with Crippen LogP contribution < -0.4 is 15.8 Å². The summed E-state index contributed by atoms with van der Waals surface area (Å²) in [4.78, 5) is 24.7. The minimum Gasteiger partial charge on any atom is -0.364 e. The molecule has 0 spiro atoms. The highest BCUT2D eigenvalue weighted by Crippen LogP contribution is 2.24. The van der Waals surface area contributed by atoms with Crippen LogP contribution in [0, 0.1) is 11.7 Å². The van der Waals surface area contributed by atoms with E-state index in [-0.39, 0.29) is 16.1 Å². The van der Waals surface area contributed by atoms with Crippen LogP contribution in [0.25, 0.3) is 16.6 Å². The summed E-state index contributed by atoms with van der Waals surface area (Å²) in [6, 6.07) is 17.6. The molecule has 5 rings (SSSR count). The maximum Gasteiger partial charge on any atom is 0.266 e. The van der Waals surface area contributed by atoms with Crippen molar-refractivity contribution in [2.45, 2.75) is 13.0 Å². The number of anilines is 1. The van der Waals surface area contributed by atoms with Gasteiger partial charge in [-0.3, -0.25) is 9.36 Å². The first-order chi connectivity index (χ1) is 16.1. The topological polar surface area (TPSA) is 63.1 Å². The monoisotopic (exact) mass is 463 g/mol. The zero-order valence-electron chi connectivity index (χ0n) is 17.9. The van der Waals surface area contributed by atoms with Crippen LogP contribution in [0.3, 0.4) is 0 Å². The van der Waals surface area contributed by atoms with E-state index in [2.05, 4.69) is 27.3 Å². The van der Waals surface area contributed by atoms with Crippen LogP contribution in [0.4, 0.5) is 10.1 Å². The molecule has 1 aliphatic heterocycles. The summed E-state index contributed by atoms with van der Waals surface area (Å²) in [5.41, 5.74) is 1.54. The van der Waals surface area contributed by atoms with E-state index in [1.807, 2.05) is 18.2 Å². The molecule has 0 amide bonds. The molecule has 33 heavy (non-hydrogen) atoms. The van der Waals surface area contributed by atoms with Gasteiger partial charge < -0.3 is 10.2 Å². The molecule has 0 radical (unpaired) electrons. The fourth-order valence-corrected chi connectivity index (χ4v) is 4.56. The number of hydrogen-bond acceptors (Lipinski definition) is 5. The van der Waals surface area contributed by atoms with Gasteiger partial charge in [-0.2, -0.15) is 0 Å². The van der Waals surface area contributed by atoms with E-state index in [0.29, 0.717) is 29.5 Å². The van der Waals surface area contributed by atoms with Gasteiger partial charge >= 0.3 is 0 Å². The predicted octanol–water partition coefficient (Wildman–Crippen LogP) is 4.19. The van der Waals surface area contributed by atoms with Gasteiger partial charge in [0.05, 0.1) is 23.1 Å². The van der Waals surface area contributed by atoms with Crippen LogP contribution >= 0.6 is 11.6 Å². The quantitative estimate of drug-likeness (QED) is 0.434. The molecule has 2 aromatic heterocycles. The van der Waals surface area contributed by atoms with Gasteiger partial charge in [0.2, 0.25) is 0 Å². The molecule has 0 saturated carbocycles. The predicted molar refractivity (Wildman–Crippen MR) is 129 cm³/mol. The molecule has 4 aromatic rings. The van der Waals surface area contributed by atoms with E-state index >= 15 is 0 Å². The minimum atomic E-state index is -0.488. The lowest BCUT2D eigenvalue weighted by molar-refractivity contribution is 0.550. The van der Waals surface area contributed by atoms with Crippen LogP contribution in [0.2, 0.25) is 5.15 Å². The summed E-state index contributed by atoms with van der Waals surface area (Å²) < 4.78 is 15.4. The Morgan fingerprint density at radius 1 is 1.15 bits per heavy atom. The third-order valence-corrected chi connectivity index (χ3v) is 6.27. The molecule has 1 aliphatic rings. The highest BCUT2D eigenvalue weighted by atomic mass is 35.5. The van der Waals surface area contributed by atoms with Gasteiger partial charge in [0.25, 0.3) is 5.56 Å². The lowest BCUT2D eigenvalue weighted by Gasteiger charge is -2.28. The molecular formula is C25H23ClFN5O. The maximum atomic E-state index is 14.0. The highest BCUT2D eigenvalue weighted by molar-refractivity contribution is 6.31. The van der Waals surface area contributed by atoms with Gasteiger partial charge in [0.1, 0.15) is 11.6 Å². The first-order valence-electron chi connectivity index (χ1n) is 10.9. The Hall–Kier alpha value is -3.29. The van der Waals surface area contributed by atoms with E-state index < -0.39 is 5.82 Å². The normalized spacial score (nSPS) is 15.8. The number of nitrogens with one attached hydrogen (secondary N) is 1. The van der Waals surface area contributed by atoms with Crippen molar-refractivity contribution in [3.05, 3.63) is 94.0 Å². The zero-order valence-corrected chi connectivity index (χ0v) is 18.7. The molecule has 168 valence electrons. The Morgan fingerprint density at radius 3 is 2.76 bits per heavy atom. The Bertz CT molecular complexity index is 1340. The molecule has 1 fully saturated rings. The Labute approximate surface area is 195 Å². The van der Waals surface area contributed by atoms with Gasteiger partial charge in [-0.05, 0) is 67.9 Å². The fourth-order valence-electron chi connectivity index (χ4n) is 4.36. The third-order valence-electron chi connectivity index (χ3n) is 5.97. The smallest absolute Gasteiger partial charge is 0.266 e. The van der Waals surface area contributed by atoms with E-state index in [1.54, 1.807) is 24.4 Å². The van der Waals surface area contributed by atoms with E-state index in [1.165, 1.54) is 16.7 Å². The van der Waals surface area contributed by atoms with E-state index in [0.717, 1.165) is 31.7 Å². The number of benzene rings is 2. The average molecular weight is 464 g/mol. The first-order valence-corrected chi connectivity index (χ1v) is 11.3. The zero-order chi connectivity index (χ0) is 22.8. The van der Waals surface area contributed by atoms with E-state index in [9.17, 15) is 9.18 Å². The number of halogens is 2. The van der Waals surface area contributed by atoms with Crippen LogP contribution in [-0.2, 0) is 6.54 Å². The molecular weight excluding hydrogens is 441 g/mol. The SMILES string of the molecule is O=c1c2cc(F)ccc2nc(CN(CC2CCNC2)c2ccccc2)n1-c1cccnc1Cl. The maximum absolute atomic E-state index is 14.0. The number of nitrogens with zero attached hydrogens (tertiary/aromatic N) is 4. The summed E-state index contributed by atoms with van der Waals surface area (Å²) in [7, 11) is 0. The molecule has 1 N–H and O–H groups in total. The molecule has 1 unspecified atom stereocenters. The summed E-state index contributed by atoms with van der Waals surface area (Å²) >= 11 is 6.38. The highest BCUT2D eigenvalue weighted by Gasteiger charge is 2.22. The molecule has 8 heteroatoms.